The highest BCUT2D eigenvalue weighted by molar-refractivity contribution is 7.99. The molecule has 1 heterocycles. The first-order valence-electron chi connectivity index (χ1n) is 10.2. The molecule has 29 heavy (non-hydrogen) atoms. The van der Waals surface area contributed by atoms with Gasteiger partial charge in [0.15, 0.2) is 11.0 Å². The van der Waals surface area contributed by atoms with Crippen molar-refractivity contribution >= 4 is 23.6 Å². The van der Waals surface area contributed by atoms with Crippen LogP contribution in [0.3, 0.4) is 0 Å². The van der Waals surface area contributed by atoms with Gasteiger partial charge in [-0.1, -0.05) is 49.9 Å². The zero-order valence-corrected chi connectivity index (χ0v) is 18.6. The Morgan fingerprint density at radius 2 is 1.90 bits per heavy atom. The van der Waals surface area contributed by atoms with E-state index in [-0.39, 0.29) is 24.1 Å². The van der Waals surface area contributed by atoms with Crippen molar-refractivity contribution < 1.29 is 9.59 Å². The van der Waals surface area contributed by atoms with E-state index in [9.17, 15) is 9.59 Å². The summed E-state index contributed by atoms with van der Waals surface area (Å²) in [5, 5.41) is 12.2. The average Bonchev–Trinajstić information content (AvgIpc) is 3.13. The normalized spacial score (nSPS) is 10.8. The van der Waals surface area contributed by atoms with E-state index >= 15 is 0 Å². The van der Waals surface area contributed by atoms with Crippen molar-refractivity contribution in [3.63, 3.8) is 0 Å². The Morgan fingerprint density at radius 1 is 1.14 bits per heavy atom. The van der Waals surface area contributed by atoms with Crippen LogP contribution in [-0.2, 0) is 16.1 Å². The van der Waals surface area contributed by atoms with Crippen molar-refractivity contribution in [3.8, 4) is 11.4 Å². The first kappa shape index (κ1) is 22.9. The minimum atomic E-state index is -0.114. The molecular weight excluding hydrogens is 386 g/mol. The van der Waals surface area contributed by atoms with Crippen molar-refractivity contribution in [1.82, 2.24) is 25.0 Å². The van der Waals surface area contributed by atoms with Crippen molar-refractivity contribution in [1.29, 1.82) is 0 Å². The lowest BCUT2D eigenvalue weighted by atomic mass is 10.1. The Bertz CT molecular complexity index is 821. The van der Waals surface area contributed by atoms with Gasteiger partial charge in [0.25, 0.3) is 0 Å². The molecule has 0 unspecified atom stereocenters. The van der Waals surface area contributed by atoms with Gasteiger partial charge in [0.1, 0.15) is 0 Å². The van der Waals surface area contributed by atoms with E-state index in [2.05, 4.69) is 15.5 Å². The van der Waals surface area contributed by atoms with E-state index in [1.807, 2.05) is 56.5 Å². The highest BCUT2D eigenvalue weighted by atomic mass is 32.2. The number of thioether (sulfide) groups is 1. The number of benzene rings is 1. The van der Waals surface area contributed by atoms with Crippen LogP contribution >= 0.6 is 11.8 Å². The average molecular weight is 418 g/mol. The number of amides is 2. The third-order valence-corrected chi connectivity index (χ3v) is 5.45. The number of hydrogen-bond acceptors (Lipinski definition) is 5. The summed E-state index contributed by atoms with van der Waals surface area (Å²) in [6, 6.07) is 8.06. The maximum absolute atomic E-state index is 12.7. The molecule has 0 radical (unpaired) electrons. The maximum atomic E-state index is 12.7. The van der Waals surface area contributed by atoms with Gasteiger partial charge >= 0.3 is 0 Å². The summed E-state index contributed by atoms with van der Waals surface area (Å²) in [5.74, 6) is 0.862. The number of carbonyl (C=O) groups is 2. The fourth-order valence-electron chi connectivity index (χ4n) is 2.98. The Kier molecular flexibility index (Phi) is 9.18. The highest BCUT2D eigenvalue weighted by Crippen LogP contribution is 2.26. The molecule has 2 rings (SSSR count). The molecule has 2 aromatic rings. The van der Waals surface area contributed by atoms with Gasteiger partial charge in [-0.3, -0.25) is 9.59 Å². The number of aromatic nitrogens is 3. The zero-order chi connectivity index (χ0) is 21.2. The molecule has 8 heteroatoms. The molecule has 1 aromatic heterocycles. The summed E-state index contributed by atoms with van der Waals surface area (Å²) in [6.07, 6.45) is 1.68. The monoisotopic (exact) mass is 417 g/mol. The van der Waals surface area contributed by atoms with Gasteiger partial charge in [-0.2, -0.15) is 0 Å². The standard InChI is InChI=1S/C21H31N5O2S/c1-5-12-22-18(27)14-25(13-6-2)19(28)15-29-21-24-23-20(26(21)7-3)17-11-9-8-10-16(17)4/h8-11H,5-7,12-15H2,1-4H3,(H,22,27). The summed E-state index contributed by atoms with van der Waals surface area (Å²) in [5.41, 5.74) is 2.18. The smallest absolute Gasteiger partial charge is 0.239 e. The van der Waals surface area contributed by atoms with Crippen molar-refractivity contribution in [2.24, 2.45) is 0 Å². The number of rotatable bonds is 11. The molecule has 0 aliphatic heterocycles. The first-order valence-corrected chi connectivity index (χ1v) is 11.2. The van der Waals surface area contributed by atoms with Crippen molar-refractivity contribution in [3.05, 3.63) is 29.8 Å². The molecule has 0 spiro atoms. The number of carbonyl (C=O) groups excluding carboxylic acids is 2. The summed E-state index contributed by atoms with van der Waals surface area (Å²) >= 11 is 1.37. The molecule has 1 N–H and O–H groups in total. The second kappa shape index (κ2) is 11.6. The van der Waals surface area contributed by atoms with Gasteiger partial charge < -0.3 is 14.8 Å². The fourth-order valence-corrected chi connectivity index (χ4v) is 3.88. The SMILES string of the molecule is CCCNC(=O)CN(CCC)C(=O)CSc1nnc(-c2ccccc2C)n1CC. The van der Waals surface area contributed by atoms with E-state index in [4.69, 9.17) is 0 Å². The molecule has 0 aliphatic carbocycles. The Hall–Kier alpha value is -2.35. The second-order valence-electron chi connectivity index (χ2n) is 6.82. The molecule has 0 saturated carbocycles. The summed E-state index contributed by atoms with van der Waals surface area (Å²) in [6.45, 7) is 10.1. The van der Waals surface area contributed by atoms with Crippen LogP contribution in [0.25, 0.3) is 11.4 Å². The number of hydrogen-bond donors (Lipinski definition) is 1. The largest absolute Gasteiger partial charge is 0.355 e. The Labute approximate surface area is 177 Å². The lowest BCUT2D eigenvalue weighted by molar-refractivity contribution is -0.134. The number of nitrogens with one attached hydrogen (secondary N) is 1. The lowest BCUT2D eigenvalue weighted by Gasteiger charge is -2.21. The second-order valence-corrected chi connectivity index (χ2v) is 7.76. The minimum absolute atomic E-state index is 0.0633. The Balaban J connectivity index is 2.06. The minimum Gasteiger partial charge on any atom is -0.355 e. The van der Waals surface area contributed by atoms with E-state index < -0.39 is 0 Å². The quantitative estimate of drug-likeness (QED) is 0.568. The van der Waals surface area contributed by atoms with Gasteiger partial charge in [0.2, 0.25) is 11.8 Å². The number of aryl methyl sites for hydroxylation is 1. The van der Waals surface area contributed by atoms with Crippen LogP contribution in [0.15, 0.2) is 29.4 Å². The van der Waals surface area contributed by atoms with Gasteiger partial charge in [0, 0.05) is 25.2 Å². The van der Waals surface area contributed by atoms with Crippen LogP contribution in [0.4, 0.5) is 0 Å². The van der Waals surface area contributed by atoms with Crippen LogP contribution in [-0.4, -0.2) is 56.9 Å². The molecule has 0 fully saturated rings. The molecule has 0 saturated heterocycles. The van der Waals surface area contributed by atoms with Crippen LogP contribution in [0, 0.1) is 6.92 Å². The van der Waals surface area contributed by atoms with Gasteiger partial charge in [0.05, 0.1) is 12.3 Å². The molecule has 0 atom stereocenters. The highest BCUT2D eigenvalue weighted by Gasteiger charge is 2.19. The molecule has 158 valence electrons. The van der Waals surface area contributed by atoms with E-state index in [1.54, 1.807) is 4.90 Å². The van der Waals surface area contributed by atoms with E-state index in [0.717, 1.165) is 29.8 Å². The summed E-state index contributed by atoms with van der Waals surface area (Å²) < 4.78 is 2.03. The van der Waals surface area contributed by atoms with Crippen LogP contribution in [0.5, 0.6) is 0 Å². The summed E-state index contributed by atoms with van der Waals surface area (Å²) in [7, 11) is 0. The van der Waals surface area contributed by atoms with Crippen LogP contribution in [0.2, 0.25) is 0 Å². The van der Waals surface area contributed by atoms with Gasteiger partial charge in [-0.05, 0) is 32.3 Å². The molecule has 0 bridgehead atoms. The molecule has 1 aromatic carbocycles. The molecular formula is C21H31N5O2S. The third kappa shape index (κ3) is 6.32. The topological polar surface area (TPSA) is 80.1 Å². The van der Waals surface area contributed by atoms with Crippen LogP contribution in [0.1, 0.15) is 39.2 Å². The first-order chi connectivity index (χ1) is 14.0. The summed E-state index contributed by atoms with van der Waals surface area (Å²) in [4.78, 5) is 26.4. The zero-order valence-electron chi connectivity index (χ0n) is 17.8. The predicted octanol–water partition coefficient (Wildman–Crippen LogP) is 3.13. The lowest BCUT2D eigenvalue weighted by Crippen LogP contribution is -2.42. The van der Waals surface area contributed by atoms with E-state index in [1.165, 1.54) is 11.8 Å². The van der Waals surface area contributed by atoms with Crippen molar-refractivity contribution in [2.45, 2.75) is 52.2 Å². The van der Waals surface area contributed by atoms with Gasteiger partial charge in [-0.25, -0.2) is 0 Å². The fraction of sp³-hybridized carbons (Fsp3) is 0.524. The molecule has 0 aliphatic rings. The number of nitrogens with zero attached hydrogens (tertiary/aromatic N) is 4. The third-order valence-electron chi connectivity index (χ3n) is 4.50. The predicted molar refractivity (Wildman–Crippen MR) is 117 cm³/mol. The maximum Gasteiger partial charge on any atom is 0.239 e. The molecule has 7 nitrogen and oxygen atoms in total. The van der Waals surface area contributed by atoms with E-state index in [0.29, 0.717) is 24.8 Å². The van der Waals surface area contributed by atoms with Crippen molar-refractivity contribution in [2.75, 3.05) is 25.4 Å². The van der Waals surface area contributed by atoms with Gasteiger partial charge in [-0.15, -0.1) is 10.2 Å². The van der Waals surface area contributed by atoms with Crippen LogP contribution < -0.4 is 5.32 Å². The molecule has 2 amide bonds. The Morgan fingerprint density at radius 3 is 2.55 bits per heavy atom.